The maximum atomic E-state index is 11.4. The number of benzene rings is 2. The van der Waals surface area contributed by atoms with Crippen molar-refractivity contribution in [3.63, 3.8) is 0 Å². The average molecular weight is 314 g/mol. The zero-order chi connectivity index (χ0) is 16.7. The highest BCUT2D eigenvalue weighted by atomic mass is 16.6. The number of nitro groups is 1. The summed E-state index contributed by atoms with van der Waals surface area (Å²) >= 11 is 0. The molecule has 0 aliphatic rings. The number of nitrogens with zero attached hydrogens (tertiary/aromatic N) is 1. The second-order valence-electron chi connectivity index (χ2n) is 5.34. The van der Waals surface area contributed by atoms with Gasteiger partial charge in [-0.25, -0.2) is 0 Å². The third-order valence-electron chi connectivity index (χ3n) is 3.94. The summed E-state index contributed by atoms with van der Waals surface area (Å²) in [5.74, 6) is 0.779. The lowest BCUT2D eigenvalue weighted by atomic mass is 9.97. The Hall–Kier alpha value is -2.40. The minimum absolute atomic E-state index is 0.201. The Morgan fingerprint density at radius 2 is 1.78 bits per heavy atom. The van der Waals surface area contributed by atoms with E-state index in [4.69, 9.17) is 4.74 Å². The van der Waals surface area contributed by atoms with Crippen molar-refractivity contribution in [3.8, 4) is 5.75 Å². The number of methoxy groups -OCH3 is 1. The minimum atomic E-state index is -0.674. The van der Waals surface area contributed by atoms with E-state index in [1.54, 1.807) is 7.11 Å². The molecule has 0 heterocycles. The first-order valence-electron chi connectivity index (χ1n) is 7.71. The Morgan fingerprint density at radius 1 is 1.13 bits per heavy atom. The van der Waals surface area contributed by atoms with Gasteiger partial charge in [0.2, 0.25) is 6.04 Å². The maximum Gasteiger partial charge on any atom is 0.232 e. The number of rotatable bonds is 8. The standard InChI is InChI=1S/C18H22N2O3/c1-3-16(20(21)22)18(14-9-5-4-6-10-14)19-13-15-11-7-8-12-17(15)23-2/h4-12,16,18-19H,3,13H2,1-2H3/t16-,18+/m1/s1. The van der Waals surface area contributed by atoms with Gasteiger partial charge in [-0.1, -0.05) is 55.5 Å². The van der Waals surface area contributed by atoms with Crippen molar-refractivity contribution < 1.29 is 9.66 Å². The summed E-state index contributed by atoms with van der Waals surface area (Å²) in [5, 5.41) is 14.8. The van der Waals surface area contributed by atoms with Crippen LogP contribution in [0.3, 0.4) is 0 Å². The van der Waals surface area contributed by atoms with Gasteiger partial charge in [0, 0.05) is 23.5 Å². The topological polar surface area (TPSA) is 64.4 Å². The van der Waals surface area contributed by atoms with E-state index in [1.165, 1.54) is 0 Å². The van der Waals surface area contributed by atoms with Crippen molar-refractivity contribution in [1.29, 1.82) is 0 Å². The van der Waals surface area contributed by atoms with Gasteiger partial charge in [-0.05, 0) is 11.6 Å². The Labute approximate surface area is 136 Å². The fourth-order valence-corrected chi connectivity index (χ4v) is 2.71. The van der Waals surface area contributed by atoms with Gasteiger partial charge in [-0.2, -0.15) is 0 Å². The molecular formula is C18H22N2O3. The van der Waals surface area contributed by atoms with Crippen molar-refractivity contribution in [2.45, 2.75) is 32.0 Å². The van der Waals surface area contributed by atoms with E-state index >= 15 is 0 Å². The zero-order valence-corrected chi connectivity index (χ0v) is 13.4. The third-order valence-corrected chi connectivity index (χ3v) is 3.94. The number of para-hydroxylation sites is 1. The van der Waals surface area contributed by atoms with E-state index in [9.17, 15) is 10.1 Å². The molecule has 122 valence electrons. The Balaban J connectivity index is 2.23. The minimum Gasteiger partial charge on any atom is -0.496 e. The van der Waals surface area contributed by atoms with Crippen LogP contribution in [0.25, 0.3) is 0 Å². The first-order valence-corrected chi connectivity index (χ1v) is 7.71. The molecule has 0 aromatic heterocycles. The van der Waals surface area contributed by atoms with Gasteiger partial charge < -0.3 is 10.1 Å². The SMILES string of the molecule is CC[C@H]([C@@H](NCc1ccccc1OC)c1ccccc1)[N+](=O)[O-]. The third kappa shape index (κ3) is 4.29. The number of hydrogen-bond acceptors (Lipinski definition) is 4. The molecule has 23 heavy (non-hydrogen) atoms. The summed E-state index contributed by atoms with van der Waals surface area (Å²) in [4.78, 5) is 11.2. The molecule has 0 saturated carbocycles. The molecule has 2 aromatic rings. The van der Waals surface area contributed by atoms with Gasteiger partial charge in [0.25, 0.3) is 0 Å². The fraction of sp³-hybridized carbons (Fsp3) is 0.333. The highest BCUT2D eigenvalue weighted by Gasteiger charge is 2.30. The van der Waals surface area contributed by atoms with E-state index in [0.29, 0.717) is 13.0 Å². The van der Waals surface area contributed by atoms with Crippen LogP contribution in [0.15, 0.2) is 54.6 Å². The summed E-state index contributed by atoms with van der Waals surface area (Å²) in [5.41, 5.74) is 1.90. The molecule has 0 spiro atoms. The second kappa shape index (κ2) is 8.29. The van der Waals surface area contributed by atoms with Crippen molar-refractivity contribution in [1.82, 2.24) is 5.32 Å². The average Bonchev–Trinajstić information content (AvgIpc) is 2.59. The monoisotopic (exact) mass is 314 g/mol. The van der Waals surface area contributed by atoms with Crippen LogP contribution in [0.4, 0.5) is 0 Å². The van der Waals surface area contributed by atoms with E-state index in [2.05, 4.69) is 5.32 Å². The largest absolute Gasteiger partial charge is 0.496 e. The normalized spacial score (nSPS) is 13.3. The highest BCUT2D eigenvalue weighted by Crippen LogP contribution is 2.24. The van der Waals surface area contributed by atoms with Crippen LogP contribution in [0.1, 0.15) is 30.5 Å². The Kier molecular flexibility index (Phi) is 6.11. The number of ether oxygens (including phenoxy) is 1. The lowest BCUT2D eigenvalue weighted by Crippen LogP contribution is -2.36. The molecule has 0 amide bonds. The lowest BCUT2D eigenvalue weighted by molar-refractivity contribution is -0.528. The zero-order valence-electron chi connectivity index (χ0n) is 13.4. The highest BCUT2D eigenvalue weighted by molar-refractivity contribution is 5.33. The predicted molar refractivity (Wildman–Crippen MR) is 90.1 cm³/mol. The molecule has 0 aliphatic heterocycles. The van der Waals surface area contributed by atoms with E-state index < -0.39 is 6.04 Å². The number of hydrogen-bond donors (Lipinski definition) is 1. The number of nitrogens with one attached hydrogen (secondary N) is 1. The summed E-state index contributed by atoms with van der Waals surface area (Å²) in [6.07, 6.45) is 0.464. The summed E-state index contributed by atoms with van der Waals surface area (Å²) < 4.78 is 5.34. The molecule has 0 radical (unpaired) electrons. The Morgan fingerprint density at radius 3 is 2.39 bits per heavy atom. The van der Waals surface area contributed by atoms with Gasteiger partial charge >= 0.3 is 0 Å². The van der Waals surface area contributed by atoms with Crippen LogP contribution in [0.2, 0.25) is 0 Å². The van der Waals surface area contributed by atoms with Crippen LogP contribution in [-0.2, 0) is 6.54 Å². The van der Waals surface area contributed by atoms with Crippen molar-refractivity contribution in [2.75, 3.05) is 7.11 Å². The van der Waals surface area contributed by atoms with Crippen molar-refractivity contribution in [3.05, 3.63) is 75.8 Å². The molecular weight excluding hydrogens is 292 g/mol. The molecule has 0 saturated heterocycles. The molecule has 1 N–H and O–H groups in total. The molecule has 0 bridgehead atoms. The molecule has 0 aliphatic carbocycles. The van der Waals surface area contributed by atoms with Crippen LogP contribution >= 0.6 is 0 Å². The maximum absolute atomic E-state index is 11.4. The van der Waals surface area contributed by atoms with Crippen LogP contribution in [0, 0.1) is 10.1 Å². The van der Waals surface area contributed by atoms with Crippen LogP contribution in [0.5, 0.6) is 5.75 Å². The summed E-state index contributed by atoms with van der Waals surface area (Å²) in [7, 11) is 1.62. The molecule has 2 rings (SSSR count). The lowest BCUT2D eigenvalue weighted by Gasteiger charge is -2.22. The quantitative estimate of drug-likeness (QED) is 0.597. The van der Waals surface area contributed by atoms with E-state index in [0.717, 1.165) is 16.9 Å². The molecule has 5 heteroatoms. The summed E-state index contributed by atoms with van der Waals surface area (Å²) in [6.45, 7) is 2.35. The Bertz CT molecular complexity index is 631. The molecule has 0 fully saturated rings. The van der Waals surface area contributed by atoms with Gasteiger partial charge in [-0.15, -0.1) is 0 Å². The molecule has 2 atom stereocenters. The van der Waals surface area contributed by atoms with Gasteiger partial charge in [0.05, 0.1) is 7.11 Å². The summed E-state index contributed by atoms with van der Waals surface area (Å²) in [6, 6.07) is 16.2. The van der Waals surface area contributed by atoms with Gasteiger partial charge in [0.1, 0.15) is 11.8 Å². The predicted octanol–water partition coefficient (Wildman–Crippen LogP) is 3.58. The second-order valence-corrected chi connectivity index (χ2v) is 5.34. The fourth-order valence-electron chi connectivity index (χ4n) is 2.71. The van der Waals surface area contributed by atoms with Crippen LogP contribution in [-0.4, -0.2) is 18.1 Å². The first kappa shape index (κ1) is 17.0. The molecule has 0 unspecified atom stereocenters. The van der Waals surface area contributed by atoms with Crippen molar-refractivity contribution >= 4 is 0 Å². The smallest absolute Gasteiger partial charge is 0.232 e. The van der Waals surface area contributed by atoms with Gasteiger partial charge in [0.15, 0.2) is 0 Å². The molecule has 5 nitrogen and oxygen atoms in total. The van der Waals surface area contributed by atoms with Crippen molar-refractivity contribution in [2.24, 2.45) is 0 Å². The van der Waals surface area contributed by atoms with Gasteiger partial charge in [-0.3, -0.25) is 10.1 Å². The van der Waals surface area contributed by atoms with Crippen LogP contribution < -0.4 is 10.1 Å². The van der Waals surface area contributed by atoms with E-state index in [1.807, 2.05) is 61.5 Å². The first-order chi connectivity index (χ1) is 11.2. The molecule has 2 aromatic carbocycles. The van der Waals surface area contributed by atoms with E-state index in [-0.39, 0.29) is 11.0 Å².